The predicted octanol–water partition coefficient (Wildman–Crippen LogP) is 5.04. The maximum absolute atomic E-state index is 13.8. The fourth-order valence-electron chi connectivity index (χ4n) is 4.29. The first-order valence-electron chi connectivity index (χ1n) is 11.2. The Morgan fingerprint density at radius 1 is 1.09 bits per heavy atom. The number of fused-ring (bicyclic) bond motifs is 3. The molecule has 1 amide bonds. The van der Waals surface area contributed by atoms with Crippen molar-refractivity contribution < 1.29 is 4.79 Å². The van der Waals surface area contributed by atoms with Gasteiger partial charge >= 0.3 is 0 Å². The average molecular weight is 476 g/mol. The summed E-state index contributed by atoms with van der Waals surface area (Å²) in [6.07, 6.45) is 4.23. The van der Waals surface area contributed by atoms with Crippen LogP contribution in [0, 0.1) is 6.92 Å². The molecule has 0 spiro atoms. The molecule has 0 saturated heterocycles. The van der Waals surface area contributed by atoms with Gasteiger partial charge in [0.25, 0.3) is 5.56 Å². The highest BCUT2D eigenvalue weighted by molar-refractivity contribution is 7.99. The molecule has 0 bridgehead atoms. The molecule has 0 fully saturated rings. The number of nitrogens with zero attached hydrogens (tertiary/aromatic N) is 2. The van der Waals surface area contributed by atoms with Crippen LogP contribution in [0.1, 0.15) is 34.4 Å². The minimum atomic E-state index is -0.0833. The van der Waals surface area contributed by atoms with Gasteiger partial charge in [-0.05, 0) is 55.4 Å². The van der Waals surface area contributed by atoms with E-state index in [4.69, 9.17) is 4.98 Å². The maximum atomic E-state index is 13.8. The van der Waals surface area contributed by atoms with Crippen LogP contribution in [0.25, 0.3) is 15.9 Å². The van der Waals surface area contributed by atoms with E-state index in [-0.39, 0.29) is 17.2 Å². The second-order valence-electron chi connectivity index (χ2n) is 8.26. The number of carbonyl (C=O) groups is 1. The first-order chi connectivity index (χ1) is 16.1. The summed E-state index contributed by atoms with van der Waals surface area (Å²) in [5, 5.41) is 4.28. The first-order valence-corrected chi connectivity index (χ1v) is 13.0. The van der Waals surface area contributed by atoms with E-state index in [9.17, 15) is 9.59 Å². The van der Waals surface area contributed by atoms with Crippen molar-refractivity contribution in [1.82, 2.24) is 14.9 Å². The van der Waals surface area contributed by atoms with Crippen LogP contribution in [0.5, 0.6) is 0 Å². The fourth-order valence-corrected chi connectivity index (χ4v) is 6.43. The number of hydrogen-bond donors (Lipinski definition) is 1. The molecule has 2 heterocycles. The number of thiophene rings is 1. The molecule has 5 nitrogen and oxygen atoms in total. The number of thioether (sulfide) groups is 1. The third-order valence-electron chi connectivity index (χ3n) is 5.98. The Labute approximate surface area is 200 Å². The van der Waals surface area contributed by atoms with E-state index >= 15 is 0 Å². The number of para-hydroxylation sites is 1. The molecule has 7 heteroatoms. The van der Waals surface area contributed by atoms with Gasteiger partial charge in [-0.15, -0.1) is 11.3 Å². The second kappa shape index (κ2) is 9.53. The lowest BCUT2D eigenvalue weighted by molar-refractivity contribution is -0.118. The van der Waals surface area contributed by atoms with Crippen LogP contribution in [0.4, 0.5) is 0 Å². The average Bonchev–Trinajstić information content (AvgIpc) is 3.21. The van der Waals surface area contributed by atoms with Crippen LogP contribution in [0.2, 0.25) is 0 Å². The minimum absolute atomic E-state index is 0.0270. The molecule has 0 aliphatic heterocycles. The van der Waals surface area contributed by atoms with Crippen LogP contribution in [-0.2, 0) is 24.2 Å². The van der Waals surface area contributed by atoms with E-state index in [2.05, 4.69) is 5.32 Å². The number of aryl methyl sites for hydroxylation is 3. The number of hydrogen-bond acceptors (Lipinski definition) is 5. The molecule has 168 valence electrons. The number of benzene rings is 2. The summed E-state index contributed by atoms with van der Waals surface area (Å²) in [5.41, 5.74) is 4.02. The van der Waals surface area contributed by atoms with Crippen molar-refractivity contribution in [2.24, 2.45) is 0 Å². The molecule has 5 rings (SSSR count). The van der Waals surface area contributed by atoms with E-state index < -0.39 is 0 Å². The summed E-state index contributed by atoms with van der Waals surface area (Å²) in [4.78, 5) is 33.4. The molecular formula is C26H25N3O2S2. The van der Waals surface area contributed by atoms with Gasteiger partial charge in [0.2, 0.25) is 5.91 Å². The predicted molar refractivity (Wildman–Crippen MR) is 136 cm³/mol. The standard InChI is InChI=1S/C26H25N3O2S2/c1-17-9-5-7-13-20(17)29-25(31)23-19-12-6-8-14-21(19)33-24(23)28-26(29)32-16-22(30)27-15-18-10-3-2-4-11-18/h2-5,7,9-11,13H,6,8,12,14-16H2,1H3,(H,27,30). The lowest BCUT2D eigenvalue weighted by Gasteiger charge is -2.15. The van der Waals surface area contributed by atoms with Crippen molar-refractivity contribution in [3.05, 3.63) is 86.5 Å². The lowest BCUT2D eigenvalue weighted by Crippen LogP contribution is -2.26. The molecule has 2 aromatic carbocycles. The van der Waals surface area contributed by atoms with Gasteiger partial charge in [0, 0.05) is 11.4 Å². The molecule has 0 radical (unpaired) electrons. The van der Waals surface area contributed by atoms with Gasteiger partial charge in [-0.2, -0.15) is 0 Å². The summed E-state index contributed by atoms with van der Waals surface area (Å²) >= 11 is 2.95. The largest absolute Gasteiger partial charge is 0.351 e. The highest BCUT2D eigenvalue weighted by Crippen LogP contribution is 2.35. The normalized spacial score (nSPS) is 13.1. The summed E-state index contributed by atoms with van der Waals surface area (Å²) < 4.78 is 1.70. The SMILES string of the molecule is Cc1ccccc1-n1c(SCC(=O)NCc2ccccc2)nc2sc3c(c2c1=O)CCCC3. The van der Waals surface area contributed by atoms with Crippen LogP contribution in [-0.4, -0.2) is 21.2 Å². The van der Waals surface area contributed by atoms with Crippen molar-refractivity contribution in [2.75, 3.05) is 5.75 Å². The van der Waals surface area contributed by atoms with Crippen LogP contribution >= 0.6 is 23.1 Å². The molecule has 1 aliphatic rings. The van der Waals surface area contributed by atoms with Crippen molar-refractivity contribution in [3.63, 3.8) is 0 Å². The topological polar surface area (TPSA) is 64.0 Å². The van der Waals surface area contributed by atoms with Crippen molar-refractivity contribution >= 4 is 39.2 Å². The highest BCUT2D eigenvalue weighted by Gasteiger charge is 2.23. The molecule has 33 heavy (non-hydrogen) atoms. The quantitative estimate of drug-likeness (QED) is 0.313. The third kappa shape index (κ3) is 4.48. The Hall–Kier alpha value is -2.90. The number of aromatic nitrogens is 2. The molecular weight excluding hydrogens is 450 g/mol. The van der Waals surface area contributed by atoms with Gasteiger partial charge in [-0.1, -0.05) is 60.3 Å². The molecule has 4 aromatic rings. The number of rotatable bonds is 6. The summed E-state index contributed by atoms with van der Waals surface area (Å²) in [5.74, 6) is 0.113. The zero-order valence-corrected chi connectivity index (χ0v) is 20.1. The van der Waals surface area contributed by atoms with Crippen molar-refractivity contribution in [1.29, 1.82) is 0 Å². The Balaban J connectivity index is 1.49. The van der Waals surface area contributed by atoms with E-state index in [0.717, 1.165) is 52.7 Å². The molecule has 0 saturated carbocycles. The lowest BCUT2D eigenvalue weighted by atomic mass is 9.97. The highest BCUT2D eigenvalue weighted by atomic mass is 32.2. The summed E-state index contributed by atoms with van der Waals surface area (Å²) in [6, 6.07) is 17.7. The zero-order chi connectivity index (χ0) is 22.8. The van der Waals surface area contributed by atoms with Crippen LogP contribution in [0.3, 0.4) is 0 Å². The molecule has 2 aromatic heterocycles. The molecule has 0 atom stereocenters. The number of amides is 1. The van der Waals surface area contributed by atoms with Crippen molar-refractivity contribution in [3.8, 4) is 5.69 Å². The Morgan fingerprint density at radius 3 is 2.67 bits per heavy atom. The molecule has 0 unspecified atom stereocenters. The van der Waals surface area contributed by atoms with Gasteiger partial charge in [-0.3, -0.25) is 14.2 Å². The van der Waals surface area contributed by atoms with Crippen LogP contribution in [0.15, 0.2) is 64.5 Å². The van der Waals surface area contributed by atoms with Gasteiger partial charge in [-0.25, -0.2) is 4.98 Å². The maximum Gasteiger partial charge on any atom is 0.267 e. The second-order valence-corrected chi connectivity index (χ2v) is 10.3. The Morgan fingerprint density at radius 2 is 1.85 bits per heavy atom. The van der Waals surface area contributed by atoms with Gasteiger partial charge in [0.05, 0.1) is 16.8 Å². The zero-order valence-electron chi connectivity index (χ0n) is 18.5. The fraction of sp³-hybridized carbons (Fsp3) is 0.269. The monoisotopic (exact) mass is 475 g/mol. The van der Waals surface area contributed by atoms with Gasteiger partial charge in [0.15, 0.2) is 5.16 Å². The van der Waals surface area contributed by atoms with Crippen molar-refractivity contribution in [2.45, 2.75) is 44.3 Å². The van der Waals surface area contributed by atoms with Crippen LogP contribution < -0.4 is 10.9 Å². The first kappa shape index (κ1) is 21.9. The van der Waals surface area contributed by atoms with E-state index in [1.165, 1.54) is 22.2 Å². The minimum Gasteiger partial charge on any atom is -0.351 e. The smallest absolute Gasteiger partial charge is 0.267 e. The van der Waals surface area contributed by atoms with Gasteiger partial charge in [0.1, 0.15) is 4.83 Å². The number of nitrogens with one attached hydrogen (secondary N) is 1. The Bertz CT molecular complexity index is 1380. The Kier molecular flexibility index (Phi) is 6.33. The summed E-state index contributed by atoms with van der Waals surface area (Å²) in [6.45, 7) is 2.48. The van der Waals surface area contributed by atoms with E-state index in [1.807, 2.05) is 61.5 Å². The number of carbonyl (C=O) groups excluding carboxylic acids is 1. The summed E-state index contributed by atoms with van der Waals surface area (Å²) in [7, 11) is 0. The van der Waals surface area contributed by atoms with E-state index in [0.29, 0.717) is 11.7 Å². The van der Waals surface area contributed by atoms with E-state index in [1.54, 1.807) is 15.9 Å². The van der Waals surface area contributed by atoms with Gasteiger partial charge < -0.3 is 5.32 Å². The molecule has 1 aliphatic carbocycles. The third-order valence-corrected chi connectivity index (χ3v) is 8.10. The molecule has 1 N–H and O–H groups in total.